The summed E-state index contributed by atoms with van der Waals surface area (Å²) < 4.78 is 5.74. The average Bonchev–Trinajstić information content (AvgIpc) is 3.02. The molecule has 0 aliphatic rings. The number of amides is 1. The highest BCUT2D eigenvalue weighted by Crippen LogP contribution is 2.24. The summed E-state index contributed by atoms with van der Waals surface area (Å²) in [6, 6.07) is 7.01. The molecule has 130 valence electrons. The van der Waals surface area contributed by atoms with E-state index in [-0.39, 0.29) is 17.9 Å². The van der Waals surface area contributed by atoms with E-state index in [9.17, 15) is 4.79 Å². The smallest absolute Gasteiger partial charge is 0.253 e. The van der Waals surface area contributed by atoms with Crippen LogP contribution in [0.15, 0.2) is 29.6 Å². The molecule has 0 saturated carbocycles. The van der Waals surface area contributed by atoms with Gasteiger partial charge in [0, 0.05) is 30.0 Å². The monoisotopic (exact) mass is 348 g/mol. The largest absolute Gasteiger partial charge is 0.486 e. The summed E-state index contributed by atoms with van der Waals surface area (Å²) in [5.74, 6) is 0.578. The molecule has 24 heavy (non-hydrogen) atoms. The molecule has 1 amide bonds. The number of hydrogen-bond acceptors (Lipinski definition) is 5. The van der Waals surface area contributed by atoms with Gasteiger partial charge in [0.1, 0.15) is 17.4 Å². The zero-order valence-corrected chi connectivity index (χ0v) is 15.4. The Hall–Kier alpha value is -1.92. The normalized spacial score (nSPS) is 11.4. The van der Waals surface area contributed by atoms with Gasteiger partial charge in [-0.05, 0) is 24.3 Å². The Labute approximate surface area is 146 Å². The Kier molecular flexibility index (Phi) is 5.96. The van der Waals surface area contributed by atoms with Crippen molar-refractivity contribution in [3.63, 3.8) is 0 Å². The summed E-state index contributed by atoms with van der Waals surface area (Å²) >= 11 is 1.59. The fourth-order valence-electron chi connectivity index (χ4n) is 2.03. The molecule has 5 nitrogen and oxygen atoms in total. The van der Waals surface area contributed by atoms with Crippen molar-refractivity contribution in [1.82, 2.24) is 9.88 Å². The van der Waals surface area contributed by atoms with Gasteiger partial charge in [-0.25, -0.2) is 4.98 Å². The van der Waals surface area contributed by atoms with Gasteiger partial charge in [-0.15, -0.1) is 11.3 Å². The van der Waals surface area contributed by atoms with Crippen LogP contribution in [0.1, 0.15) is 41.8 Å². The summed E-state index contributed by atoms with van der Waals surface area (Å²) in [6.45, 7) is 7.09. The van der Waals surface area contributed by atoms with Crippen LogP contribution in [0.4, 0.5) is 0 Å². The van der Waals surface area contributed by atoms with Crippen LogP contribution in [0.2, 0.25) is 0 Å². The Balaban J connectivity index is 1.94. The van der Waals surface area contributed by atoms with E-state index in [4.69, 9.17) is 9.84 Å². The number of benzene rings is 1. The number of carbonyl (C=O) groups excluding carboxylic acids is 1. The summed E-state index contributed by atoms with van der Waals surface area (Å²) in [6.07, 6.45) is 0. The first-order valence-corrected chi connectivity index (χ1v) is 8.73. The topological polar surface area (TPSA) is 62.7 Å². The van der Waals surface area contributed by atoms with Gasteiger partial charge >= 0.3 is 0 Å². The number of aliphatic hydroxyl groups excluding tert-OH is 1. The Morgan fingerprint density at radius 3 is 2.50 bits per heavy atom. The summed E-state index contributed by atoms with van der Waals surface area (Å²) in [7, 11) is 1.66. The van der Waals surface area contributed by atoms with Crippen LogP contribution in [0.25, 0.3) is 0 Å². The second-order valence-electron chi connectivity index (χ2n) is 6.64. The first-order valence-electron chi connectivity index (χ1n) is 7.85. The lowest BCUT2D eigenvalue weighted by Crippen LogP contribution is -2.29. The van der Waals surface area contributed by atoms with Crippen LogP contribution in [-0.4, -0.2) is 41.1 Å². The number of aliphatic hydroxyl groups is 1. The van der Waals surface area contributed by atoms with Crippen molar-refractivity contribution in [3.05, 3.63) is 45.9 Å². The molecule has 6 heteroatoms. The van der Waals surface area contributed by atoms with Gasteiger partial charge in [0.2, 0.25) is 0 Å². The standard InChI is InChI=1S/C18H24N2O3S/c1-18(2,3)15-12-24-16(19-15)11-23-14-7-5-13(6-8-14)17(22)20(4)9-10-21/h5-8,12,21H,9-11H2,1-4H3. The van der Waals surface area contributed by atoms with Gasteiger partial charge in [-0.1, -0.05) is 20.8 Å². The first kappa shape index (κ1) is 18.4. The quantitative estimate of drug-likeness (QED) is 0.871. The van der Waals surface area contributed by atoms with Gasteiger partial charge in [-0.2, -0.15) is 0 Å². The molecule has 1 aromatic carbocycles. The highest BCUT2D eigenvalue weighted by Gasteiger charge is 2.17. The lowest BCUT2D eigenvalue weighted by molar-refractivity contribution is 0.0767. The fourth-order valence-corrected chi connectivity index (χ4v) is 2.96. The van der Waals surface area contributed by atoms with Crippen molar-refractivity contribution in [2.24, 2.45) is 0 Å². The van der Waals surface area contributed by atoms with E-state index < -0.39 is 0 Å². The molecule has 0 unspecified atom stereocenters. The predicted octanol–water partition coefficient (Wildman–Crippen LogP) is 3.08. The van der Waals surface area contributed by atoms with E-state index in [1.807, 2.05) is 0 Å². The number of rotatable bonds is 6. The average molecular weight is 348 g/mol. The molecule has 0 radical (unpaired) electrons. The van der Waals surface area contributed by atoms with Crippen molar-refractivity contribution in [3.8, 4) is 5.75 Å². The molecule has 2 rings (SSSR count). The van der Waals surface area contributed by atoms with E-state index in [1.54, 1.807) is 42.6 Å². The second kappa shape index (κ2) is 7.77. The minimum absolute atomic E-state index is 0.0390. The Morgan fingerprint density at radius 2 is 1.96 bits per heavy atom. The number of hydrogen-bond donors (Lipinski definition) is 1. The van der Waals surface area contributed by atoms with E-state index in [1.165, 1.54) is 4.90 Å². The van der Waals surface area contributed by atoms with Crippen molar-refractivity contribution < 1.29 is 14.6 Å². The van der Waals surface area contributed by atoms with Crippen molar-refractivity contribution in [2.45, 2.75) is 32.8 Å². The third kappa shape index (κ3) is 4.79. The second-order valence-corrected chi connectivity index (χ2v) is 7.58. The number of likely N-dealkylation sites (N-methyl/N-ethyl adjacent to an activating group) is 1. The minimum atomic E-state index is -0.120. The van der Waals surface area contributed by atoms with Crippen LogP contribution in [0.3, 0.4) is 0 Å². The van der Waals surface area contributed by atoms with Crippen molar-refractivity contribution in [2.75, 3.05) is 20.2 Å². The molecule has 1 N–H and O–H groups in total. The molecule has 0 fully saturated rings. The molecule has 0 aliphatic carbocycles. The fraction of sp³-hybridized carbons (Fsp3) is 0.444. The minimum Gasteiger partial charge on any atom is -0.486 e. The zero-order valence-electron chi connectivity index (χ0n) is 14.6. The molecule has 0 bridgehead atoms. The number of ether oxygens (including phenoxy) is 1. The van der Waals surface area contributed by atoms with E-state index in [2.05, 4.69) is 31.1 Å². The highest BCUT2D eigenvalue weighted by atomic mass is 32.1. The number of thiazole rings is 1. The predicted molar refractivity (Wildman–Crippen MR) is 95.6 cm³/mol. The van der Waals surface area contributed by atoms with Crippen molar-refractivity contribution in [1.29, 1.82) is 0 Å². The molecular formula is C18H24N2O3S. The molecule has 2 aromatic rings. The maximum Gasteiger partial charge on any atom is 0.253 e. The Morgan fingerprint density at radius 1 is 1.29 bits per heavy atom. The molecule has 1 aromatic heterocycles. The summed E-state index contributed by atoms with van der Waals surface area (Å²) in [4.78, 5) is 18.2. The van der Waals surface area contributed by atoms with Gasteiger partial charge in [0.05, 0.1) is 12.3 Å². The van der Waals surface area contributed by atoms with Gasteiger partial charge < -0.3 is 14.7 Å². The van der Waals surface area contributed by atoms with Crippen LogP contribution >= 0.6 is 11.3 Å². The molecule has 0 aliphatic heterocycles. The van der Waals surface area contributed by atoms with E-state index in [0.29, 0.717) is 24.5 Å². The lowest BCUT2D eigenvalue weighted by Gasteiger charge is -2.15. The van der Waals surface area contributed by atoms with Gasteiger partial charge in [0.15, 0.2) is 0 Å². The molecular weight excluding hydrogens is 324 g/mol. The van der Waals surface area contributed by atoms with Crippen LogP contribution in [0.5, 0.6) is 5.75 Å². The molecule has 0 atom stereocenters. The molecule has 0 saturated heterocycles. The summed E-state index contributed by atoms with van der Waals surface area (Å²) in [5.41, 5.74) is 1.68. The highest BCUT2D eigenvalue weighted by molar-refractivity contribution is 7.09. The van der Waals surface area contributed by atoms with Crippen molar-refractivity contribution >= 4 is 17.2 Å². The summed E-state index contributed by atoms with van der Waals surface area (Å²) in [5, 5.41) is 11.9. The van der Waals surface area contributed by atoms with Crippen LogP contribution < -0.4 is 4.74 Å². The van der Waals surface area contributed by atoms with Gasteiger partial charge in [-0.3, -0.25) is 4.79 Å². The zero-order chi connectivity index (χ0) is 17.7. The third-order valence-electron chi connectivity index (χ3n) is 3.57. The van der Waals surface area contributed by atoms with Crippen LogP contribution in [-0.2, 0) is 12.0 Å². The third-order valence-corrected chi connectivity index (χ3v) is 4.39. The van der Waals surface area contributed by atoms with E-state index in [0.717, 1.165) is 10.7 Å². The number of nitrogens with zero attached hydrogens (tertiary/aromatic N) is 2. The first-order chi connectivity index (χ1) is 11.3. The molecule has 0 spiro atoms. The molecule has 1 heterocycles. The van der Waals surface area contributed by atoms with E-state index >= 15 is 0 Å². The lowest BCUT2D eigenvalue weighted by atomic mass is 9.93. The Bertz CT molecular complexity index is 674. The maximum atomic E-state index is 12.1. The maximum absolute atomic E-state index is 12.1. The number of carbonyl (C=O) groups is 1. The SMILES string of the molecule is CN(CCO)C(=O)c1ccc(OCc2nc(C(C)(C)C)cs2)cc1. The van der Waals surface area contributed by atoms with Crippen LogP contribution in [0, 0.1) is 0 Å². The number of aromatic nitrogens is 1. The van der Waals surface area contributed by atoms with Gasteiger partial charge in [0.25, 0.3) is 5.91 Å².